The van der Waals surface area contributed by atoms with Crippen LogP contribution in [0, 0.1) is 0 Å². The largest absolute Gasteiger partial charge is 0.342 e. The molecule has 0 atom stereocenters. The Labute approximate surface area is 207 Å². The summed E-state index contributed by atoms with van der Waals surface area (Å²) in [6.07, 6.45) is 4.83. The third-order valence-corrected chi connectivity index (χ3v) is 7.16. The van der Waals surface area contributed by atoms with Gasteiger partial charge in [0.1, 0.15) is 0 Å². The van der Waals surface area contributed by atoms with Gasteiger partial charge in [-0.25, -0.2) is 0 Å². The summed E-state index contributed by atoms with van der Waals surface area (Å²) >= 11 is 7.07. The number of para-hydroxylation sites is 1. The van der Waals surface area contributed by atoms with E-state index in [9.17, 15) is 9.59 Å². The van der Waals surface area contributed by atoms with Crippen LogP contribution in [-0.2, 0) is 24.3 Å². The minimum atomic E-state index is -0.246. The van der Waals surface area contributed by atoms with Gasteiger partial charge in [0.05, 0.1) is 17.0 Å². The fourth-order valence-electron chi connectivity index (χ4n) is 4.32. The molecule has 4 nitrogen and oxygen atoms in total. The third-order valence-electron chi connectivity index (χ3n) is 6.00. The van der Waals surface area contributed by atoms with Gasteiger partial charge in [0.25, 0.3) is 11.1 Å². The number of amides is 2. The number of carbonyl (C=O) groups excluding carboxylic acids is 2. The molecule has 4 aromatic rings. The molecule has 0 aliphatic carbocycles. The first-order chi connectivity index (χ1) is 16.5. The van der Waals surface area contributed by atoms with Gasteiger partial charge in [0, 0.05) is 28.7 Å². The summed E-state index contributed by atoms with van der Waals surface area (Å²) in [5.41, 5.74) is 5.39. The van der Waals surface area contributed by atoms with Crippen LogP contribution in [0.3, 0.4) is 0 Å². The Kier molecular flexibility index (Phi) is 6.31. The molecule has 34 heavy (non-hydrogen) atoms. The van der Waals surface area contributed by atoms with Crippen LogP contribution in [0.1, 0.15) is 29.2 Å². The average molecular weight is 487 g/mol. The van der Waals surface area contributed by atoms with Gasteiger partial charge in [-0.1, -0.05) is 79.2 Å². The van der Waals surface area contributed by atoms with E-state index in [0.29, 0.717) is 16.5 Å². The second-order valence-corrected chi connectivity index (χ2v) is 9.69. The molecule has 170 valence electrons. The smallest absolute Gasteiger partial charge is 0.293 e. The third kappa shape index (κ3) is 4.41. The molecule has 1 aromatic heterocycles. The monoisotopic (exact) mass is 486 g/mol. The Morgan fingerprint density at radius 3 is 2.35 bits per heavy atom. The minimum absolute atomic E-state index is 0.237. The summed E-state index contributed by atoms with van der Waals surface area (Å²) in [7, 11) is 0. The number of rotatable bonds is 6. The van der Waals surface area contributed by atoms with Crippen LogP contribution in [0.4, 0.5) is 4.79 Å². The first-order valence-corrected chi connectivity index (χ1v) is 12.4. The zero-order chi connectivity index (χ0) is 23.7. The first kappa shape index (κ1) is 22.5. The number of nitrogens with zero attached hydrogens (tertiary/aromatic N) is 2. The second-order valence-electron chi connectivity index (χ2n) is 8.26. The van der Waals surface area contributed by atoms with E-state index in [2.05, 4.69) is 29.8 Å². The molecule has 2 heterocycles. The Morgan fingerprint density at radius 1 is 0.882 bits per heavy atom. The van der Waals surface area contributed by atoms with E-state index in [4.69, 9.17) is 11.6 Å². The SMILES string of the molecule is CCc1cccc2c(/C=C3\SC(=O)N(Cc4ccccc4)C3=O)cn(Cc3ccc(Cl)cc3)c12. The Morgan fingerprint density at radius 2 is 1.62 bits per heavy atom. The zero-order valence-corrected chi connectivity index (χ0v) is 20.3. The van der Waals surface area contributed by atoms with Crippen LogP contribution < -0.4 is 0 Å². The molecule has 1 saturated heterocycles. The minimum Gasteiger partial charge on any atom is -0.342 e. The number of hydrogen-bond donors (Lipinski definition) is 0. The number of fused-ring (bicyclic) bond motifs is 1. The predicted molar refractivity (Wildman–Crippen MR) is 140 cm³/mol. The van der Waals surface area contributed by atoms with Crippen molar-refractivity contribution < 1.29 is 9.59 Å². The second kappa shape index (κ2) is 9.53. The highest BCUT2D eigenvalue weighted by molar-refractivity contribution is 8.18. The highest BCUT2D eigenvalue weighted by atomic mass is 35.5. The van der Waals surface area contributed by atoms with Crippen molar-refractivity contribution in [2.24, 2.45) is 0 Å². The summed E-state index contributed by atoms with van der Waals surface area (Å²) in [6.45, 7) is 3.11. The number of halogens is 1. The van der Waals surface area contributed by atoms with E-state index in [1.54, 1.807) is 0 Å². The van der Waals surface area contributed by atoms with Crippen molar-refractivity contribution in [3.63, 3.8) is 0 Å². The number of hydrogen-bond acceptors (Lipinski definition) is 3. The van der Waals surface area contributed by atoms with Crippen LogP contribution in [0.5, 0.6) is 0 Å². The zero-order valence-electron chi connectivity index (χ0n) is 18.7. The van der Waals surface area contributed by atoms with E-state index < -0.39 is 0 Å². The van der Waals surface area contributed by atoms with Gasteiger partial charge in [-0.2, -0.15) is 0 Å². The van der Waals surface area contributed by atoms with E-state index in [1.165, 1.54) is 10.5 Å². The summed E-state index contributed by atoms with van der Waals surface area (Å²) in [6, 6.07) is 23.7. The number of aromatic nitrogens is 1. The van der Waals surface area contributed by atoms with E-state index in [-0.39, 0.29) is 17.7 Å². The average Bonchev–Trinajstić information content (AvgIpc) is 3.33. The first-order valence-electron chi connectivity index (χ1n) is 11.2. The van der Waals surface area contributed by atoms with Gasteiger partial charge in [0.2, 0.25) is 0 Å². The maximum Gasteiger partial charge on any atom is 0.293 e. The lowest BCUT2D eigenvalue weighted by Crippen LogP contribution is -2.27. The lowest BCUT2D eigenvalue weighted by Gasteiger charge is -2.12. The van der Waals surface area contributed by atoms with Crippen LogP contribution >= 0.6 is 23.4 Å². The van der Waals surface area contributed by atoms with Crippen molar-refractivity contribution in [3.8, 4) is 0 Å². The number of aryl methyl sites for hydroxylation is 1. The van der Waals surface area contributed by atoms with Crippen molar-refractivity contribution >= 4 is 51.5 Å². The van der Waals surface area contributed by atoms with E-state index in [1.807, 2.05) is 66.7 Å². The van der Waals surface area contributed by atoms with Crippen molar-refractivity contribution in [1.82, 2.24) is 9.47 Å². The molecule has 1 fully saturated rings. The molecule has 6 heteroatoms. The van der Waals surface area contributed by atoms with Crippen molar-refractivity contribution in [2.45, 2.75) is 26.4 Å². The van der Waals surface area contributed by atoms with Gasteiger partial charge >= 0.3 is 0 Å². The lowest BCUT2D eigenvalue weighted by molar-refractivity contribution is -0.123. The molecular formula is C28H23ClN2O2S. The van der Waals surface area contributed by atoms with Gasteiger partial charge in [-0.05, 0) is 53.1 Å². The Bertz CT molecular complexity index is 1410. The van der Waals surface area contributed by atoms with Crippen molar-refractivity contribution in [1.29, 1.82) is 0 Å². The van der Waals surface area contributed by atoms with Gasteiger partial charge in [0.15, 0.2) is 0 Å². The van der Waals surface area contributed by atoms with Crippen molar-refractivity contribution in [2.75, 3.05) is 0 Å². The molecule has 0 saturated carbocycles. The summed E-state index contributed by atoms with van der Waals surface area (Å²) in [5.74, 6) is -0.246. The molecule has 5 rings (SSSR count). The highest BCUT2D eigenvalue weighted by Gasteiger charge is 2.35. The standard InChI is InChI=1S/C28H23ClN2O2S/c1-2-21-9-6-10-24-22(18-30(26(21)24)16-20-11-13-23(29)14-12-20)15-25-27(32)31(28(33)34-25)17-19-7-4-3-5-8-19/h3-15,18H,2,16-17H2,1H3/b25-15-. The van der Waals surface area contributed by atoms with E-state index in [0.717, 1.165) is 45.8 Å². The molecule has 3 aromatic carbocycles. The van der Waals surface area contributed by atoms with Crippen LogP contribution in [0.15, 0.2) is 83.9 Å². The van der Waals surface area contributed by atoms with Crippen LogP contribution in [0.2, 0.25) is 5.02 Å². The lowest BCUT2D eigenvalue weighted by atomic mass is 10.1. The van der Waals surface area contributed by atoms with Gasteiger partial charge in [-0.3, -0.25) is 14.5 Å². The van der Waals surface area contributed by atoms with Crippen molar-refractivity contribution in [3.05, 3.63) is 111 Å². The summed E-state index contributed by atoms with van der Waals surface area (Å²) in [4.78, 5) is 27.5. The number of imide groups is 1. The molecule has 0 bridgehead atoms. The molecular weight excluding hydrogens is 464 g/mol. The predicted octanol–water partition coefficient (Wildman–Crippen LogP) is 7.14. The summed E-state index contributed by atoms with van der Waals surface area (Å²) < 4.78 is 2.22. The fraction of sp³-hybridized carbons (Fsp3) is 0.143. The highest BCUT2D eigenvalue weighted by Crippen LogP contribution is 2.36. The molecule has 0 spiro atoms. The molecule has 1 aliphatic heterocycles. The Balaban J connectivity index is 1.52. The normalized spacial score (nSPS) is 15.1. The Hall–Kier alpha value is -3.28. The molecule has 0 N–H and O–H groups in total. The fourth-order valence-corrected chi connectivity index (χ4v) is 5.28. The molecule has 0 radical (unpaired) electrons. The number of thioether (sulfide) groups is 1. The molecule has 2 amide bonds. The molecule has 0 unspecified atom stereocenters. The number of carbonyl (C=O) groups is 2. The summed E-state index contributed by atoms with van der Waals surface area (Å²) in [5, 5.41) is 1.55. The van der Waals surface area contributed by atoms with E-state index >= 15 is 0 Å². The quantitative estimate of drug-likeness (QED) is 0.272. The van der Waals surface area contributed by atoms with Gasteiger partial charge < -0.3 is 4.57 Å². The van der Waals surface area contributed by atoms with Crippen LogP contribution in [-0.4, -0.2) is 20.6 Å². The maximum atomic E-state index is 13.1. The van der Waals surface area contributed by atoms with Gasteiger partial charge in [-0.15, -0.1) is 0 Å². The van der Waals surface area contributed by atoms with Crippen LogP contribution in [0.25, 0.3) is 17.0 Å². The maximum absolute atomic E-state index is 13.1. The molecule has 1 aliphatic rings. The number of benzene rings is 3. The topological polar surface area (TPSA) is 42.3 Å².